The fourth-order valence-corrected chi connectivity index (χ4v) is 2.99. The lowest BCUT2D eigenvalue weighted by Gasteiger charge is -2.19. The Morgan fingerprint density at radius 2 is 1.95 bits per heavy atom. The lowest BCUT2D eigenvalue weighted by Crippen LogP contribution is -2.15. The molecule has 2 heterocycles. The van der Waals surface area contributed by atoms with Crippen LogP contribution in [0.2, 0.25) is 0 Å². The van der Waals surface area contributed by atoms with E-state index in [1.807, 2.05) is 24.4 Å². The quantitative estimate of drug-likeness (QED) is 0.936. The van der Waals surface area contributed by atoms with Crippen molar-refractivity contribution in [3.63, 3.8) is 0 Å². The third-order valence-electron chi connectivity index (χ3n) is 3.20. The number of nitrogens with one attached hydrogen (secondary N) is 1. The molecule has 0 spiro atoms. The monoisotopic (exact) mass is 304 g/mol. The highest BCUT2D eigenvalue weighted by Crippen LogP contribution is 2.33. The summed E-state index contributed by atoms with van der Waals surface area (Å²) in [6.45, 7) is 8.56. The van der Waals surface area contributed by atoms with Gasteiger partial charge in [0.1, 0.15) is 13.2 Å². The van der Waals surface area contributed by atoms with E-state index < -0.39 is 0 Å². The average Bonchev–Trinajstić information content (AvgIpc) is 2.94. The van der Waals surface area contributed by atoms with Gasteiger partial charge in [-0.15, -0.1) is 11.3 Å². The maximum Gasteiger partial charge on any atom is 0.163 e. The average molecular weight is 304 g/mol. The van der Waals surface area contributed by atoms with Gasteiger partial charge in [0, 0.05) is 28.2 Å². The van der Waals surface area contributed by atoms with E-state index in [0.29, 0.717) is 13.2 Å². The highest BCUT2D eigenvalue weighted by molar-refractivity contribution is 7.11. The molecule has 0 aliphatic carbocycles. The van der Waals surface area contributed by atoms with E-state index in [1.54, 1.807) is 11.3 Å². The van der Waals surface area contributed by atoms with Crippen LogP contribution < -0.4 is 14.8 Å². The van der Waals surface area contributed by atoms with Gasteiger partial charge in [0.2, 0.25) is 0 Å². The van der Waals surface area contributed by atoms with Crippen LogP contribution in [0.15, 0.2) is 24.4 Å². The predicted molar refractivity (Wildman–Crippen MR) is 85.6 cm³/mol. The first-order valence-corrected chi connectivity index (χ1v) is 7.93. The number of hydrogen-bond donors (Lipinski definition) is 1. The Balaban J connectivity index is 1.66. The molecular weight excluding hydrogens is 284 g/mol. The second kappa shape index (κ2) is 5.56. The highest BCUT2D eigenvalue weighted by atomic mass is 32.1. The number of anilines is 1. The number of thiazole rings is 1. The number of aromatic nitrogens is 1. The molecule has 4 nitrogen and oxygen atoms in total. The van der Waals surface area contributed by atoms with Gasteiger partial charge in [-0.3, -0.25) is 0 Å². The first kappa shape index (κ1) is 14.2. The van der Waals surface area contributed by atoms with Gasteiger partial charge in [0.15, 0.2) is 11.5 Å². The van der Waals surface area contributed by atoms with Crippen molar-refractivity contribution in [2.45, 2.75) is 32.7 Å². The largest absolute Gasteiger partial charge is 0.486 e. The van der Waals surface area contributed by atoms with Crippen molar-refractivity contribution in [3.8, 4) is 11.5 Å². The molecule has 112 valence electrons. The van der Waals surface area contributed by atoms with Crippen LogP contribution in [-0.4, -0.2) is 18.2 Å². The van der Waals surface area contributed by atoms with Crippen LogP contribution in [0.1, 0.15) is 30.7 Å². The molecule has 1 aliphatic heterocycles. The number of hydrogen-bond acceptors (Lipinski definition) is 5. The van der Waals surface area contributed by atoms with Crippen molar-refractivity contribution in [1.82, 2.24) is 4.98 Å². The second-order valence-electron chi connectivity index (χ2n) is 6.09. The maximum atomic E-state index is 5.59. The van der Waals surface area contributed by atoms with E-state index >= 15 is 0 Å². The van der Waals surface area contributed by atoms with Crippen LogP contribution in [0.3, 0.4) is 0 Å². The molecule has 0 saturated carbocycles. The third kappa shape index (κ3) is 3.29. The van der Waals surface area contributed by atoms with Gasteiger partial charge in [0.25, 0.3) is 0 Å². The van der Waals surface area contributed by atoms with Gasteiger partial charge in [-0.1, -0.05) is 20.8 Å². The normalized spacial score (nSPS) is 14.0. The zero-order valence-corrected chi connectivity index (χ0v) is 13.4. The standard InChI is InChI=1S/C16H20N2O2S/c1-16(2,3)15-18-10-12(21-15)9-17-11-4-5-13-14(8-11)20-7-6-19-13/h4-5,8,10,17H,6-7,9H2,1-3H3. The lowest BCUT2D eigenvalue weighted by molar-refractivity contribution is 0.171. The summed E-state index contributed by atoms with van der Waals surface area (Å²) >= 11 is 1.76. The number of ether oxygens (including phenoxy) is 2. The summed E-state index contributed by atoms with van der Waals surface area (Å²) in [4.78, 5) is 5.74. The van der Waals surface area contributed by atoms with Gasteiger partial charge >= 0.3 is 0 Å². The van der Waals surface area contributed by atoms with Crippen molar-refractivity contribution in [2.24, 2.45) is 0 Å². The van der Waals surface area contributed by atoms with Crippen molar-refractivity contribution in [3.05, 3.63) is 34.3 Å². The maximum absolute atomic E-state index is 5.59. The smallest absolute Gasteiger partial charge is 0.163 e. The van der Waals surface area contributed by atoms with Crippen LogP contribution in [0.4, 0.5) is 5.69 Å². The molecule has 0 fully saturated rings. The van der Waals surface area contributed by atoms with Crippen LogP contribution >= 0.6 is 11.3 Å². The summed E-state index contributed by atoms with van der Waals surface area (Å²) in [6, 6.07) is 5.95. The minimum absolute atomic E-state index is 0.111. The summed E-state index contributed by atoms with van der Waals surface area (Å²) < 4.78 is 11.1. The van der Waals surface area contributed by atoms with Crippen molar-refractivity contribution < 1.29 is 9.47 Å². The summed E-state index contributed by atoms with van der Waals surface area (Å²) in [5.41, 5.74) is 1.14. The number of fused-ring (bicyclic) bond motifs is 1. The van der Waals surface area contributed by atoms with Crippen molar-refractivity contribution in [2.75, 3.05) is 18.5 Å². The Kier molecular flexibility index (Phi) is 3.76. The van der Waals surface area contributed by atoms with Gasteiger partial charge < -0.3 is 14.8 Å². The fraction of sp³-hybridized carbons (Fsp3) is 0.438. The molecule has 1 aromatic heterocycles. The Labute approximate surface area is 129 Å². The highest BCUT2D eigenvalue weighted by Gasteiger charge is 2.18. The molecule has 0 radical (unpaired) electrons. The molecule has 1 aromatic carbocycles. The predicted octanol–water partition coefficient (Wildman–Crippen LogP) is 3.82. The minimum Gasteiger partial charge on any atom is -0.486 e. The van der Waals surface area contributed by atoms with Gasteiger partial charge in [-0.25, -0.2) is 4.98 Å². The first-order chi connectivity index (χ1) is 10.0. The molecule has 0 bridgehead atoms. The third-order valence-corrected chi connectivity index (χ3v) is 4.63. The molecule has 21 heavy (non-hydrogen) atoms. The summed E-state index contributed by atoms with van der Waals surface area (Å²) in [6.07, 6.45) is 1.95. The van der Waals surface area contributed by atoms with Gasteiger partial charge in [-0.05, 0) is 12.1 Å². The van der Waals surface area contributed by atoms with Gasteiger partial charge in [-0.2, -0.15) is 0 Å². The Morgan fingerprint density at radius 1 is 1.19 bits per heavy atom. The molecule has 1 N–H and O–H groups in total. The van der Waals surface area contributed by atoms with E-state index in [4.69, 9.17) is 9.47 Å². The molecule has 5 heteroatoms. The van der Waals surface area contributed by atoms with E-state index in [-0.39, 0.29) is 5.41 Å². The molecule has 0 saturated heterocycles. The Bertz CT molecular complexity index is 631. The minimum atomic E-state index is 0.111. The van der Waals surface area contributed by atoms with Crippen LogP contribution in [0.25, 0.3) is 0 Å². The van der Waals surface area contributed by atoms with E-state index in [2.05, 4.69) is 31.1 Å². The molecule has 0 unspecified atom stereocenters. The summed E-state index contributed by atoms with van der Waals surface area (Å²) in [7, 11) is 0. The van der Waals surface area contributed by atoms with Crippen molar-refractivity contribution >= 4 is 17.0 Å². The van der Waals surface area contributed by atoms with Crippen LogP contribution in [-0.2, 0) is 12.0 Å². The van der Waals surface area contributed by atoms with E-state index in [9.17, 15) is 0 Å². The molecule has 0 atom stereocenters. The molecular formula is C16H20N2O2S. The molecule has 2 aromatic rings. The number of benzene rings is 1. The van der Waals surface area contributed by atoms with Gasteiger partial charge in [0.05, 0.1) is 11.6 Å². The lowest BCUT2D eigenvalue weighted by atomic mass is 9.98. The SMILES string of the molecule is CC(C)(C)c1ncc(CNc2ccc3c(c2)OCCO3)s1. The Hall–Kier alpha value is -1.75. The van der Waals surface area contributed by atoms with Crippen molar-refractivity contribution in [1.29, 1.82) is 0 Å². The van der Waals surface area contributed by atoms with E-state index in [0.717, 1.165) is 23.7 Å². The zero-order valence-electron chi connectivity index (χ0n) is 12.6. The molecule has 3 rings (SSSR count). The van der Waals surface area contributed by atoms with E-state index in [1.165, 1.54) is 9.88 Å². The number of rotatable bonds is 3. The summed E-state index contributed by atoms with van der Waals surface area (Å²) in [5.74, 6) is 1.63. The Morgan fingerprint density at radius 3 is 2.67 bits per heavy atom. The molecule has 1 aliphatic rings. The number of nitrogens with zero attached hydrogens (tertiary/aromatic N) is 1. The topological polar surface area (TPSA) is 43.4 Å². The summed E-state index contributed by atoms with van der Waals surface area (Å²) in [5, 5.41) is 4.58. The second-order valence-corrected chi connectivity index (χ2v) is 7.21. The molecule has 0 amide bonds. The van der Waals surface area contributed by atoms with Crippen LogP contribution in [0, 0.1) is 0 Å². The van der Waals surface area contributed by atoms with Crippen LogP contribution in [0.5, 0.6) is 11.5 Å². The zero-order chi connectivity index (χ0) is 14.9. The first-order valence-electron chi connectivity index (χ1n) is 7.11. The fourth-order valence-electron chi connectivity index (χ4n) is 2.08.